The lowest BCUT2D eigenvalue weighted by Crippen LogP contribution is -2.45. The molecule has 0 aliphatic carbocycles. The van der Waals surface area contributed by atoms with Crippen LogP contribution in [0.2, 0.25) is 0 Å². The molecule has 0 atom stereocenters. The van der Waals surface area contributed by atoms with Gasteiger partial charge in [0.1, 0.15) is 11.5 Å². The Bertz CT molecular complexity index is 927. The van der Waals surface area contributed by atoms with Gasteiger partial charge >= 0.3 is 0 Å². The summed E-state index contributed by atoms with van der Waals surface area (Å²) >= 11 is 0. The highest BCUT2D eigenvalue weighted by atomic mass is 16.5. The van der Waals surface area contributed by atoms with Crippen LogP contribution >= 0.6 is 0 Å². The first-order valence-corrected chi connectivity index (χ1v) is 9.97. The number of ether oxygens (including phenoxy) is 3. The highest BCUT2D eigenvalue weighted by Gasteiger charge is 2.26. The highest BCUT2D eigenvalue weighted by molar-refractivity contribution is 6.05. The van der Waals surface area contributed by atoms with Crippen molar-refractivity contribution < 1.29 is 23.8 Å². The molecule has 2 aliphatic heterocycles. The number of benzene rings is 2. The molecule has 2 aromatic carbocycles. The van der Waals surface area contributed by atoms with Gasteiger partial charge in [0.05, 0.1) is 26.0 Å². The molecule has 0 radical (unpaired) electrons. The Balaban J connectivity index is 1.45. The Hall–Kier alpha value is -3.10. The maximum Gasteiger partial charge on any atom is 0.265 e. The van der Waals surface area contributed by atoms with Crippen LogP contribution in [0.1, 0.15) is 10.4 Å². The van der Waals surface area contributed by atoms with Crippen molar-refractivity contribution in [1.29, 1.82) is 0 Å². The van der Waals surface area contributed by atoms with Crippen LogP contribution in [0.5, 0.6) is 11.5 Å². The first-order chi connectivity index (χ1) is 14.6. The Labute approximate surface area is 175 Å². The molecular weight excluding hydrogens is 386 g/mol. The predicted molar refractivity (Wildman–Crippen MR) is 112 cm³/mol. The Morgan fingerprint density at radius 2 is 1.97 bits per heavy atom. The van der Waals surface area contributed by atoms with E-state index in [1.54, 1.807) is 48.4 Å². The summed E-state index contributed by atoms with van der Waals surface area (Å²) in [7, 11) is 1.56. The van der Waals surface area contributed by atoms with Crippen LogP contribution in [0, 0.1) is 0 Å². The van der Waals surface area contributed by atoms with Gasteiger partial charge in [-0.05, 0) is 30.3 Å². The fourth-order valence-electron chi connectivity index (χ4n) is 3.56. The van der Waals surface area contributed by atoms with Gasteiger partial charge in [-0.25, -0.2) is 0 Å². The normalized spacial score (nSPS) is 16.6. The van der Waals surface area contributed by atoms with Crippen molar-refractivity contribution in [1.82, 2.24) is 4.90 Å². The van der Waals surface area contributed by atoms with E-state index >= 15 is 0 Å². The van der Waals surface area contributed by atoms with Gasteiger partial charge in [0.15, 0.2) is 6.61 Å². The minimum absolute atomic E-state index is 0.0105. The van der Waals surface area contributed by atoms with E-state index in [0.29, 0.717) is 29.3 Å². The van der Waals surface area contributed by atoms with Gasteiger partial charge in [0.25, 0.3) is 11.8 Å². The van der Waals surface area contributed by atoms with Gasteiger partial charge in [-0.1, -0.05) is 6.07 Å². The zero-order chi connectivity index (χ0) is 20.9. The third kappa shape index (κ3) is 4.55. The molecule has 2 heterocycles. The molecule has 0 spiro atoms. The number of nitrogens with one attached hydrogen (secondary N) is 1. The van der Waals surface area contributed by atoms with E-state index in [4.69, 9.17) is 14.2 Å². The quantitative estimate of drug-likeness (QED) is 0.783. The minimum atomic E-state index is -0.245. The van der Waals surface area contributed by atoms with Crippen LogP contribution in [0.4, 0.5) is 11.4 Å². The molecule has 30 heavy (non-hydrogen) atoms. The van der Waals surface area contributed by atoms with Crippen molar-refractivity contribution in [3.05, 3.63) is 48.0 Å². The zero-order valence-electron chi connectivity index (χ0n) is 16.9. The van der Waals surface area contributed by atoms with Crippen LogP contribution in [0.15, 0.2) is 42.5 Å². The largest absolute Gasteiger partial charge is 0.497 e. The first-order valence-electron chi connectivity index (χ1n) is 9.97. The van der Waals surface area contributed by atoms with Crippen LogP contribution in [-0.2, 0) is 9.53 Å². The summed E-state index contributed by atoms with van der Waals surface area (Å²) in [6.07, 6.45) is 0. The second-order valence-electron chi connectivity index (χ2n) is 7.16. The fourth-order valence-corrected chi connectivity index (χ4v) is 3.56. The monoisotopic (exact) mass is 411 g/mol. The number of hydrogen-bond donors (Lipinski definition) is 1. The van der Waals surface area contributed by atoms with E-state index in [1.165, 1.54) is 0 Å². The van der Waals surface area contributed by atoms with Crippen LogP contribution in [0.25, 0.3) is 0 Å². The van der Waals surface area contributed by atoms with Crippen molar-refractivity contribution in [2.24, 2.45) is 0 Å². The number of nitrogens with zero attached hydrogens (tertiary/aromatic N) is 2. The molecule has 0 unspecified atom stereocenters. The summed E-state index contributed by atoms with van der Waals surface area (Å²) in [5.41, 5.74) is 1.82. The Morgan fingerprint density at radius 3 is 2.77 bits per heavy atom. The molecule has 0 aromatic heterocycles. The van der Waals surface area contributed by atoms with E-state index in [0.717, 1.165) is 38.5 Å². The van der Waals surface area contributed by atoms with Crippen LogP contribution < -0.4 is 19.7 Å². The van der Waals surface area contributed by atoms with E-state index in [2.05, 4.69) is 10.2 Å². The molecule has 2 aliphatic rings. The number of anilines is 2. The molecule has 1 N–H and O–H groups in total. The number of hydrogen-bond acceptors (Lipinski definition) is 6. The number of methoxy groups -OCH3 is 1. The summed E-state index contributed by atoms with van der Waals surface area (Å²) in [4.78, 5) is 29.0. The second kappa shape index (κ2) is 9.15. The van der Waals surface area contributed by atoms with Crippen molar-refractivity contribution in [3.63, 3.8) is 0 Å². The smallest absolute Gasteiger partial charge is 0.265 e. The molecule has 158 valence electrons. The van der Waals surface area contributed by atoms with Gasteiger partial charge in [0, 0.05) is 43.5 Å². The maximum absolute atomic E-state index is 12.6. The average molecular weight is 411 g/mol. The lowest BCUT2D eigenvalue weighted by molar-refractivity contribution is -0.121. The van der Waals surface area contributed by atoms with Crippen LogP contribution in [-0.4, -0.2) is 69.8 Å². The lowest BCUT2D eigenvalue weighted by atomic mass is 10.1. The van der Waals surface area contributed by atoms with Crippen molar-refractivity contribution in [3.8, 4) is 11.5 Å². The van der Waals surface area contributed by atoms with Gasteiger partial charge in [-0.3, -0.25) is 14.5 Å². The molecular formula is C22H25N3O5. The predicted octanol–water partition coefficient (Wildman–Crippen LogP) is 2.01. The van der Waals surface area contributed by atoms with E-state index in [-0.39, 0.29) is 18.4 Å². The number of carbonyl (C=O) groups excluding carboxylic acids is 2. The molecule has 8 heteroatoms. The van der Waals surface area contributed by atoms with Crippen molar-refractivity contribution in [2.75, 3.05) is 63.3 Å². The standard InChI is InChI=1S/C22H25N3O5/c1-28-18-4-2-3-16(13-18)22(27)23-17-5-6-19-20(14-17)30-15-21(26)25(19)8-7-24-9-11-29-12-10-24/h2-6,13-14H,7-12,15H2,1H3,(H,23,27). The third-order valence-electron chi connectivity index (χ3n) is 5.24. The average Bonchev–Trinajstić information content (AvgIpc) is 2.79. The molecule has 0 saturated carbocycles. The molecule has 2 aromatic rings. The summed E-state index contributed by atoms with van der Waals surface area (Å²) < 4.78 is 16.2. The number of amides is 2. The molecule has 1 fully saturated rings. The second-order valence-corrected chi connectivity index (χ2v) is 7.16. The summed E-state index contributed by atoms with van der Waals surface area (Å²) in [6.45, 7) is 4.56. The Morgan fingerprint density at radius 1 is 1.13 bits per heavy atom. The molecule has 1 saturated heterocycles. The van der Waals surface area contributed by atoms with Gasteiger partial charge < -0.3 is 24.4 Å². The zero-order valence-corrected chi connectivity index (χ0v) is 16.9. The number of morpholine rings is 1. The lowest BCUT2D eigenvalue weighted by Gasteiger charge is -2.33. The molecule has 0 bridgehead atoms. The number of rotatable bonds is 6. The fraction of sp³-hybridized carbons (Fsp3) is 0.364. The van der Waals surface area contributed by atoms with Crippen molar-refractivity contribution in [2.45, 2.75) is 0 Å². The summed E-state index contributed by atoms with van der Waals surface area (Å²) in [5.74, 6) is 0.889. The van der Waals surface area contributed by atoms with E-state index < -0.39 is 0 Å². The maximum atomic E-state index is 12.6. The third-order valence-corrected chi connectivity index (χ3v) is 5.24. The minimum Gasteiger partial charge on any atom is -0.497 e. The van der Waals surface area contributed by atoms with Gasteiger partial charge in [-0.15, -0.1) is 0 Å². The van der Waals surface area contributed by atoms with E-state index in [1.807, 2.05) is 6.07 Å². The Kier molecular flexibility index (Phi) is 6.15. The highest BCUT2D eigenvalue weighted by Crippen LogP contribution is 2.34. The SMILES string of the molecule is COc1cccc(C(=O)Nc2ccc3c(c2)OCC(=O)N3CCN2CCOCC2)c1. The van der Waals surface area contributed by atoms with Gasteiger partial charge in [-0.2, -0.15) is 0 Å². The van der Waals surface area contributed by atoms with Gasteiger partial charge in [0.2, 0.25) is 0 Å². The first kappa shape index (κ1) is 20.2. The van der Waals surface area contributed by atoms with E-state index in [9.17, 15) is 9.59 Å². The topological polar surface area (TPSA) is 80.3 Å². The number of fused-ring (bicyclic) bond motifs is 1. The molecule has 2 amide bonds. The molecule has 4 rings (SSSR count). The van der Waals surface area contributed by atoms with Crippen LogP contribution in [0.3, 0.4) is 0 Å². The number of carbonyl (C=O) groups is 2. The van der Waals surface area contributed by atoms with Crippen molar-refractivity contribution >= 4 is 23.2 Å². The summed E-state index contributed by atoms with van der Waals surface area (Å²) in [5, 5.41) is 2.87. The summed E-state index contributed by atoms with van der Waals surface area (Å²) in [6, 6.07) is 12.3. The molecule has 8 nitrogen and oxygen atoms in total.